The van der Waals surface area contributed by atoms with E-state index in [1.165, 1.54) is 30.4 Å². The monoisotopic (exact) mass is 272 g/mol. The van der Waals surface area contributed by atoms with Crippen molar-refractivity contribution in [2.24, 2.45) is 5.92 Å². The van der Waals surface area contributed by atoms with Gasteiger partial charge in [-0.2, -0.15) is 0 Å². The lowest BCUT2D eigenvalue weighted by molar-refractivity contribution is -0.118. The first-order valence-electron chi connectivity index (χ1n) is 7.81. The Morgan fingerprint density at radius 2 is 2.15 bits per heavy atom. The molecule has 1 atom stereocenters. The summed E-state index contributed by atoms with van der Waals surface area (Å²) in [6, 6.07) is 7.11. The number of nitrogens with zero attached hydrogens (tertiary/aromatic N) is 1. The molecule has 1 heterocycles. The van der Waals surface area contributed by atoms with E-state index in [4.69, 9.17) is 0 Å². The van der Waals surface area contributed by atoms with Crippen molar-refractivity contribution >= 4 is 11.6 Å². The van der Waals surface area contributed by atoms with Crippen molar-refractivity contribution in [2.45, 2.75) is 45.1 Å². The molecule has 0 spiro atoms. The van der Waals surface area contributed by atoms with Crippen molar-refractivity contribution in [3.8, 4) is 0 Å². The average molecular weight is 272 g/mol. The molecule has 3 nitrogen and oxygen atoms in total. The van der Waals surface area contributed by atoms with Gasteiger partial charge in [-0.05, 0) is 42.5 Å². The Labute approximate surface area is 121 Å². The number of nitrogens with one attached hydrogen (secondary N) is 1. The van der Waals surface area contributed by atoms with E-state index >= 15 is 0 Å². The van der Waals surface area contributed by atoms with Crippen LogP contribution in [0, 0.1) is 5.92 Å². The first kappa shape index (κ1) is 13.6. The van der Waals surface area contributed by atoms with Crippen LogP contribution in [0.1, 0.15) is 49.8 Å². The molecule has 1 unspecified atom stereocenters. The van der Waals surface area contributed by atoms with Gasteiger partial charge in [-0.1, -0.05) is 31.9 Å². The Hall–Kier alpha value is -1.35. The number of anilines is 1. The maximum absolute atomic E-state index is 11.7. The third-order valence-corrected chi connectivity index (χ3v) is 4.57. The van der Waals surface area contributed by atoms with E-state index in [2.05, 4.69) is 30.4 Å². The smallest absolute Gasteiger partial charge is 0.227 e. The quantitative estimate of drug-likeness (QED) is 0.893. The highest BCUT2D eigenvalue weighted by Gasteiger charge is 2.27. The Bertz CT molecular complexity index is 508. The standard InChI is InChI=1S/C17H24N2O/c1-3-18-15(10-12-4-5-12)13-6-8-16-14(11-13)7-9-17(20)19(16)2/h6,8,11-12,15,18H,3-5,7,9-10H2,1-2H3. The zero-order valence-corrected chi connectivity index (χ0v) is 12.5. The molecule has 1 aliphatic heterocycles. The van der Waals surface area contributed by atoms with Crippen LogP contribution in [0.5, 0.6) is 0 Å². The summed E-state index contributed by atoms with van der Waals surface area (Å²) in [6.07, 6.45) is 5.56. The van der Waals surface area contributed by atoms with Crippen molar-refractivity contribution in [1.29, 1.82) is 0 Å². The summed E-state index contributed by atoms with van der Waals surface area (Å²) in [5.74, 6) is 1.14. The van der Waals surface area contributed by atoms with Gasteiger partial charge in [0.1, 0.15) is 0 Å². The van der Waals surface area contributed by atoms with Gasteiger partial charge in [-0.15, -0.1) is 0 Å². The summed E-state index contributed by atoms with van der Waals surface area (Å²) >= 11 is 0. The molecule has 1 N–H and O–H groups in total. The normalized spacial score (nSPS) is 19.9. The Balaban J connectivity index is 1.84. The summed E-state index contributed by atoms with van der Waals surface area (Å²) in [7, 11) is 1.88. The second-order valence-corrected chi connectivity index (χ2v) is 6.13. The number of hydrogen-bond acceptors (Lipinski definition) is 2. The molecular formula is C17H24N2O. The minimum Gasteiger partial charge on any atom is -0.315 e. The van der Waals surface area contributed by atoms with E-state index < -0.39 is 0 Å². The molecule has 3 rings (SSSR count). The number of benzene rings is 1. The lowest BCUT2D eigenvalue weighted by atomic mass is 9.94. The zero-order chi connectivity index (χ0) is 14.1. The molecule has 2 aliphatic rings. The summed E-state index contributed by atoms with van der Waals surface area (Å²) < 4.78 is 0. The number of carbonyl (C=O) groups excluding carboxylic acids is 1. The molecule has 0 bridgehead atoms. The minimum absolute atomic E-state index is 0.228. The molecule has 3 heteroatoms. The van der Waals surface area contributed by atoms with E-state index in [-0.39, 0.29) is 5.91 Å². The molecule has 1 amide bonds. The third kappa shape index (κ3) is 2.73. The summed E-state index contributed by atoms with van der Waals surface area (Å²) in [6.45, 7) is 3.18. The van der Waals surface area contributed by atoms with Crippen LogP contribution in [0.3, 0.4) is 0 Å². The van der Waals surface area contributed by atoms with Gasteiger partial charge in [0, 0.05) is 25.2 Å². The predicted molar refractivity (Wildman–Crippen MR) is 81.9 cm³/mol. The van der Waals surface area contributed by atoms with Crippen LogP contribution < -0.4 is 10.2 Å². The van der Waals surface area contributed by atoms with Crippen molar-refractivity contribution < 1.29 is 4.79 Å². The lowest BCUT2D eigenvalue weighted by Gasteiger charge is -2.27. The second kappa shape index (κ2) is 5.57. The topological polar surface area (TPSA) is 32.3 Å². The summed E-state index contributed by atoms with van der Waals surface area (Å²) in [5, 5.41) is 3.62. The van der Waals surface area contributed by atoms with Gasteiger partial charge < -0.3 is 10.2 Å². The van der Waals surface area contributed by atoms with E-state index in [1.807, 2.05) is 7.05 Å². The van der Waals surface area contributed by atoms with Crippen LogP contribution in [0.4, 0.5) is 5.69 Å². The van der Waals surface area contributed by atoms with Gasteiger partial charge in [-0.3, -0.25) is 4.79 Å². The van der Waals surface area contributed by atoms with Gasteiger partial charge in [0.05, 0.1) is 0 Å². The maximum Gasteiger partial charge on any atom is 0.227 e. The van der Waals surface area contributed by atoms with Crippen molar-refractivity contribution in [2.75, 3.05) is 18.5 Å². The molecule has 1 aliphatic carbocycles. The van der Waals surface area contributed by atoms with Gasteiger partial charge in [0.15, 0.2) is 0 Å². The second-order valence-electron chi connectivity index (χ2n) is 6.13. The van der Waals surface area contributed by atoms with Gasteiger partial charge in [-0.25, -0.2) is 0 Å². The van der Waals surface area contributed by atoms with E-state index in [0.717, 1.165) is 24.6 Å². The van der Waals surface area contributed by atoms with Crippen LogP contribution in [0.25, 0.3) is 0 Å². The molecule has 1 aromatic carbocycles. The maximum atomic E-state index is 11.7. The van der Waals surface area contributed by atoms with Crippen LogP contribution in [-0.4, -0.2) is 19.5 Å². The van der Waals surface area contributed by atoms with Crippen molar-refractivity contribution in [3.63, 3.8) is 0 Å². The van der Waals surface area contributed by atoms with E-state index in [9.17, 15) is 4.79 Å². The third-order valence-electron chi connectivity index (χ3n) is 4.57. The lowest BCUT2D eigenvalue weighted by Crippen LogP contribution is -2.31. The highest BCUT2D eigenvalue weighted by molar-refractivity contribution is 5.95. The number of carbonyl (C=O) groups is 1. The SMILES string of the molecule is CCNC(CC1CC1)c1ccc2c(c1)CCC(=O)N2C. The van der Waals surface area contributed by atoms with E-state index in [1.54, 1.807) is 4.90 Å². The van der Waals surface area contributed by atoms with Crippen LogP contribution >= 0.6 is 0 Å². The first-order chi connectivity index (χ1) is 9.69. The molecular weight excluding hydrogens is 248 g/mol. The van der Waals surface area contributed by atoms with Crippen LogP contribution in [-0.2, 0) is 11.2 Å². The summed E-state index contributed by atoms with van der Waals surface area (Å²) in [4.78, 5) is 13.5. The summed E-state index contributed by atoms with van der Waals surface area (Å²) in [5.41, 5.74) is 3.80. The highest BCUT2D eigenvalue weighted by Crippen LogP contribution is 2.38. The molecule has 0 radical (unpaired) electrons. The number of amides is 1. The highest BCUT2D eigenvalue weighted by atomic mass is 16.2. The minimum atomic E-state index is 0.228. The molecule has 20 heavy (non-hydrogen) atoms. The number of aryl methyl sites for hydroxylation is 1. The van der Waals surface area contributed by atoms with Gasteiger partial charge >= 0.3 is 0 Å². The fourth-order valence-corrected chi connectivity index (χ4v) is 3.16. The first-order valence-corrected chi connectivity index (χ1v) is 7.81. The van der Waals surface area contributed by atoms with Crippen molar-refractivity contribution in [1.82, 2.24) is 5.32 Å². The van der Waals surface area contributed by atoms with Gasteiger partial charge in [0.2, 0.25) is 5.91 Å². The van der Waals surface area contributed by atoms with Gasteiger partial charge in [0.25, 0.3) is 0 Å². The van der Waals surface area contributed by atoms with Crippen LogP contribution in [0.15, 0.2) is 18.2 Å². The average Bonchev–Trinajstić information content (AvgIpc) is 3.26. The van der Waals surface area contributed by atoms with Crippen LogP contribution in [0.2, 0.25) is 0 Å². The number of fused-ring (bicyclic) bond motifs is 1. The molecule has 108 valence electrons. The Kier molecular flexibility index (Phi) is 3.79. The largest absolute Gasteiger partial charge is 0.315 e. The molecule has 1 saturated carbocycles. The predicted octanol–water partition coefficient (Wildman–Crippen LogP) is 3.05. The Morgan fingerprint density at radius 3 is 2.85 bits per heavy atom. The Morgan fingerprint density at radius 1 is 1.35 bits per heavy atom. The molecule has 0 aromatic heterocycles. The van der Waals surface area contributed by atoms with E-state index in [0.29, 0.717) is 12.5 Å². The molecule has 0 saturated heterocycles. The number of rotatable bonds is 5. The molecule has 1 fully saturated rings. The van der Waals surface area contributed by atoms with Crippen molar-refractivity contribution in [3.05, 3.63) is 29.3 Å². The fraction of sp³-hybridized carbons (Fsp3) is 0.588. The number of hydrogen-bond donors (Lipinski definition) is 1. The fourth-order valence-electron chi connectivity index (χ4n) is 3.16. The zero-order valence-electron chi connectivity index (χ0n) is 12.5. The molecule has 1 aromatic rings.